The summed E-state index contributed by atoms with van der Waals surface area (Å²) in [5, 5.41) is 0. The summed E-state index contributed by atoms with van der Waals surface area (Å²) in [7, 11) is 0. The number of nitrogens with zero attached hydrogens (tertiary/aromatic N) is 1. The first kappa shape index (κ1) is 9.69. The van der Waals surface area contributed by atoms with Crippen LogP contribution in [0.4, 0.5) is 0 Å². The standard InChI is InChI=1S/C12H18N2/c1-9-3-10(2)5-11(4-9)6-14-7-12(13)8-14/h3-5,12H,6-8,13H2,1-2H3. The maximum Gasteiger partial charge on any atom is 0.0297 e. The molecule has 1 aromatic carbocycles. The molecule has 0 aliphatic carbocycles. The van der Waals surface area contributed by atoms with Crippen LogP contribution in [0.25, 0.3) is 0 Å². The van der Waals surface area contributed by atoms with Crippen LogP contribution in [0.5, 0.6) is 0 Å². The average Bonchev–Trinajstić information content (AvgIpc) is 1.99. The molecule has 0 atom stereocenters. The molecule has 1 aliphatic heterocycles. The fourth-order valence-corrected chi connectivity index (χ4v) is 2.16. The van der Waals surface area contributed by atoms with Gasteiger partial charge in [-0.05, 0) is 19.4 Å². The van der Waals surface area contributed by atoms with Crippen LogP contribution in [-0.4, -0.2) is 24.0 Å². The zero-order valence-corrected chi connectivity index (χ0v) is 8.96. The van der Waals surface area contributed by atoms with Crippen molar-refractivity contribution < 1.29 is 0 Å². The Kier molecular flexibility index (Phi) is 2.57. The fourth-order valence-electron chi connectivity index (χ4n) is 2.16. The molecule has 2 nitrogen and oxygen atoms in total. The Morgan fingerprint density at radius 3 is 2.29 bits per heavy atom. The fraction of sp³-hybridized carbons (Fsp3) is 0.500. The monoisotopic (exact) mass is 190 g/mol. The first-order valence-electron chi connectivity index (χ1n) is 5.18. The van der Waals surface area contributed by atoms with Gasteiger partial charge in [0.1, 0.15) is 0 Å². The van der Waals surface area contributed by atoms with E-state index in [2.05, 4.69) is 36.9 Å². The largest absolute Gasteiger partial charge is 0.325 e. The van der Waals surface area contributed by atoms with Crippen molar-refractivity contribution in [3.05, 3.63) is 34.9 Å². The number of rotatable bonds is 2. The van der Waals surface area contributed by atoms with E-state index in [1.807, 2.05) is 0 Å². The van der Waals surface area contributed by atoms with Crippen molar-refractivity contribution in [3.8, 4) is 0 Å². The number of benzene rings is 1. The minimum absolute atomic E-state index is 0.404. The van der Waals surface area contributed by atoms with Crippen molar-refractivity contribution in [2.75, 3.05) is 13.1 Å². The highest BCUT2D eigenvalue weighted by atomic mass is 15.2. The van der Waals surface area contributed by atoms with Crippen LogP contribution in [0.15, 0.2) is 18.2 Å². The van der Waals surface area contributed by atoms with Crippen LogP contribution in [0, 0.1) is 13.8 Å². The summed E-state index contributed by atoms with van der Waals surface area (Å²) < 4.78 is 0. The Labute approximate surface area is 85.7 Å². The summed E-state index contributed by atoms with van der Waals surface area (Å²) in [6.07, 6.45) is 0. The Morgan fingerprint density at radius 1 is 1.21 bits per heavy atom. The Morgan fingerprint density at radius 2 is 1.79 bits per heavy atom. The molecule has 1 heterocycles. The SMILES string of the molecule is Cc1cc(C)cc(CN2CC(N)C2)c1. The van der Waals surface area contributed by atoms with E-state index in [4.69, 9.17) is 5.73 Å². The van der Waals surface area contributed by atoms with Crippen molar-refractivity contribution in [2.24, 2.45) is 5.73 Å². The van der Waals surface area contributed by atoms with Crippen LogP contribution in [0.3, 0.4) is 0 Å². The molecule has 2 N–H and O–H groups in total. The molecule has 2 heteroatoms. The molecule has 14 heavy (non-hydrogen) atoms. The molecule has 76 valence electrons. The highest BCUT2D eigenvalue weighted by molar-refractivity contribution is 5.28. The Hall–Kier alpha value is -0.860. The first-order valence-corrected chi connectivity index (χ1v) is 5.18. The van der Waals surface area contributed by atoms with E-state index in [1.165, 1.54) is 16.7 Å². The topological polar surface area (TPSA) is 29.3 Å². The lowest BCUT2D eigenvalue weighted by molar-refractivity contribution is 0.142. The lowest BCUT2D eigenvalue weighted by atomic mass is 10.0. The smallest absolute Gasteiger partial charge is 0.0297 e. The molecule has 0 radical (unpaired) electrons. The van der Waals surface area contributed by atoms with Gasteiger partial charge in [0.15, 0.2) is 0 Å². The summed E-state index contributed by atoms with van der Waals surface area (Å²) in [4.78, 5) is 2.39. The van der Waals surface area contributed by atoms with Gasteiger partial charge in [0.05, 0.1) is 0 Å². The molecular formula is C12H18N2. The second-order valence-corrected chi connectivity index (χ2v) is 4.45. The van der Waals surface area contributed by atoms with Crippen molar-refractivity contribution in [2.45, 2.75) is 26.4 Å². The van der Waals surface area contributed by atoms with Gasteiger partial charge in [0.25, 0.3) is 0 Å². The van der Waals surface area contributed by atoms with Crippen molar-refractivity contribution in [1.82, 2.24) is 4.90 Å². The van der Waals surface area contributed by atoms with Gasteiger partial charge in [-0.2, -0.15) is 0 Å². The maximum atomic E-state index is 5.74. The predicted octanol–water partition coefficient (Wildman–Crippen LogP) is 1.45. The molecule has 1 aromatic rings. The molecule has 0 amide bonds. The van der Waals surface area contributed by atoms with Gasteiger partial charge in [-0.25, -0.2) is 0 Å². The second-order valence-electron chi connectivity index (χ2n) is 4.45. The van der Waals surface area contributed by atoms with Gasteiger partial charge in [0.2, 0.25) is 0 Å². The minimum Gasteiger partial charge on any atom is -0.325 e. The van der Waals surface area contributed by atoms with E-state index in [9.17, 15) is 0 Å². The Balaban J connectivity index is 2.02. The highest BCUT2D eigenvalue weighted by Crippen LogP contribution is 2.14. The molecule has 1 saturated heterocycles. The average molecular weight is 190 g/mol. The van der Waals surface area contributed by atoms with Crippen molar-refractivity contribution in [3.63, 3.8) is 0 Å². The highest BCUT2D eigenvalue weighted by Gasteiger charge is 2.22. The third-order valence-electron chi connectivity index (χ3n) is 2.67. The van der Waals surface area contributed by atoms with E-state index >= 15 is 0 Å². The van der Waals surface area contributed by atoms with Gasteiger partial charge in [-0.1, -0.05) is 29.3 Å². The second kappa shape index (κ2) is 3.71. The molecule has 0 bridgehead atoms. The third kappa shape index (κ3) is 2.14. The van der Waals surface area contributed by atoms with Crippen LogP contribution in [0.2, 0.25) is 0 Å². The summed E-state index contributed by atoms with van der Waals surface area (Å²) in [5.41, 5.74) is 9.86. The van der Waals surface area contributed by atoms with E-state index in [-0.39, 0.29) is 0 Å². The van der Waals surface area contributed by atoms with Crippen LogP contribution in [-0.2, 0) is 6.54 Å². The van der Waals surface area contributed by atoms with E-state index in [0.29, 0.717) is 6.04 Å². The first-order chi connectivity index (χ1) is 6.63. The molecule has 1 fully saturated rings. The van der Waals surface area contributed by atoms with Gasteiger partial charge in [-0.15, -0.1) is 0 Å². The summed E-state index contributed by atoms with van der Waals surface area (Å²) in [6, 6.07) is 7.14. The van der Waals surface area contributed by atoms with Crippen LogP contribution in [0.1, 0.15) is 16.7 Å². The van der Waals surface area contributed by atoms with E-state index in [1.54, 1.807) is 0 Å². The molecule has 0 aromatic heterocycles. The minimum atomic E-state index is 0.404. The number of nitrogens with two attached hydrogens (primary N) is 1. The maximum absolute atomic E-state index is 5.74. The van der Waals surface area contributed by atoms with Crippen LogP contribution < -0.4 is 5.73 Å². The van der Waals surface area contributed by atoms with Crippen molar-refractivity contribution >= 4 is 0 Å². The number of hydrogen-bond donors (Lipinski definition) is 1. The summed E-state index contributed by atoms with van der Waals surface area (Å²) in [6.45, 7) is 7.45. The van der Waals surface area contributed by atoms with Gasteiger partial charge in [-0.3, -0.25) is 4.90 Å². The zero-order chi connectivity index (χ0) is 10.1. The van der Waals surface area contributed by atoms with E-state index < -0.39 is 0 Å². The van der Waals surface area contributed by atoms with Gasteiger partial charge >= 0.3 is 0 Å². The predicted molar refractivity (Wildman–Crippen MR) is 59.2 cm³/mol. The molecule has 0 unspecified atom stereocenters. The number of likely N-dealkylation sites (tertiary alicyclic amines) is 1. The quantitative estimate of drug-likeness (QED) is 0.764. The summed E-state index contributed by atoms with van der Waals surface area (Å²) >= 11 is 0. The molecule has 1 aliphatic rings. The van der Waals surface area contributed by atoms with Crippen LogP contribution >= 0.6 is 0 Å². The van der Waals surface area contributed by atoms with Gasteiger partial charge < -0.3 is 5.73 Å². The van der Waals surface area contributed by atoms with Crippen molar-refractivity contribution in [1.29, 1.82) is 0 Å². The molecular weight excluding hydrogens is 172 g/mol. The third-order valence-corrected chi connectivity index (χ3v) is 2.67. The normalized spacial score (nSPS) is 18.2. The Bertz CT molecular complexity index is 307. The molecule has 2 rings (SSSR count). The molecule has 0 spiro atoms. The lowest BCUT2D eigenvalue weighted by Gasteiger charge is -2.36. The summed E-state index contributed by atoms with van der Waals surface area (Å²) in [5.74, 6) is 0. The number of aryl methyl sites for hydroxylation is 2. The zero-order valence-electron chi connectivity index (χ0n) is 8.96. The van der Waals surface area contributed by atoms with E-state index in [0.717, 1.165) is 19.6 Å². The number of hydrogen-bond acceptors (Lipinski definition) is 2. The van der Waals surface area contributed by atoms with Gasteiger partial charge in [0, 0.05) is 25.7 Å². The molecule has 0 saturated carbocycles. The lowest BCUT2D eigenvalue weighted by Crippen LogP contribution is -2.54.